The summed E-state index contributed by atoms with van der Waals surface area (Å²) >= 11 is 0. The number of aromatic amines is 1. The lowest BCUT2D eigenvalue weighted by Crippen LogP contribution is -2.54. The molecule has 0 spiro atoms. The van der Waals surface area contributed by atoms with Gasteiger partial charge in [0.2, 0.25) is 17.7 Å². The molecule has 0 saturated carbocycles. The van der Waals surface area contributed by atoms with Gasteiger partial charge in [0.25, 0.3) is 11.8 Å². The highest BCUT2D eigenvalue weighted by Gasteiger charge is 2.45. The van der Waals surface area contributed by atoms with Crippen molar-refractivity contribution in [3.63, 3.8) is 0 Å². The molecule has 1 unspecified atom stereocenters. The molecule has 0 bridgehead atoms. The topological polar surface area (TPSA) is 172 Å². The van der Waals surface area contributed by atoms with E-state index in [1.807, 2.05) is 18.2 Å². The number of hydrogen-bond acceptors (Lipinski definition) is 8. The molecule has 4 heterocycles. The molecule has 1 fully saturated rings. The normalized spacial score (nSPS) is 17.3. The molecule has 184 valence electrons. The summed E-state index contributed by atoms with van der Waals surface area (Å²) in [5.74, 6) is -3.01. The highest BCUT2D eigenvalue weighted by atomic mass is 16.2. The summed E-state index contributed by atoms with van der Waals surface area (Å²) in [6.45, 7) is -0.192. The van der Waals surface area contributed by atoms with Crippen LogP contribution in [-0.2, 0) is 20.9 Å². The molecule has 2 aliphatic heterocycles. The smallest absolute Gasteiger partial charge is 0.264 e. The number of rotatable bonds is 5. The number of carbonyl (C=O) groups is 5. The number of fused-ring (bicyclic) bond motifs is 2. The minimum absolute atomic E-state index is 0.00214. The number of nitrogens with zero attached hydrogens (tertiary/aromatic N) is 5. The largest absolute Gasteiger partial charge is 0.324 e. The predicted molar refractivity (Wildman–Crippen MR) is 127 cm³/mol. The lowest BCUT2D eigenvalue weighted by molar-refractivity contribution is -0.136. The van der Waals surface area contributed by atoms with Gasteiger partial charge >= 0.3 is 0 Å². The van der Waals surface area contributed by atoms with Crippen molar-refractivity contribution in [3.8, 4) is 11.3 Å². The number of benzene rings is 2. The highest BCUT2D eigenvalue weighted by Crippen LogP contribution is 2.32. The summed E-state index contributed by atoms with van der Waals surface area (Å²) < 4.78 is 1.35. The third kappa shape index (κ3) is 3.82. The van der Waals surface area contributed by atoms with E-state index < -0.39 is 35.6 Å². The number of piperidine rings is 1. The van der Waals surface area contributed by atoms with Crippen LogP contribution in [0.3, 0.4) is 0 Å². The van der Waals surface area contributed by atoms with Gasteiger partial charge in [-0.3, -0.25) is 39.3 Å². The second-order valence-electron chi connectivity index (χ2n) is 8.70. The Labute approximate surface area is 207 Å². The van der Waals surface area contributed by atoms with Crippen molar-refractivity contribution < 1.29 is 24.0 Å². The molecule has 1 saturated heterocycles. The molecule has 2 aromatic carbocycles. The molecule has 6 rings (SSSR count). The number of anilines is 1. The minimum atomic E-state index is -1.09. The maximum atomic E-state index is 13.2. The van der Waals surface area contributed by atoms with Crippen LogP contribution in [-0.4, -0.2) is 65.7 Å². The Morgan fingerprint density at radius 1 is 1.11 bits per heavy atom. The molecule has 0 radical (unpaired) electrons. The zero-order valence-corrected chi connectivity index (χ0v) is 19.1. The molecule has 2 aromatic heterocycles. The number of imide groups is 2. The van der Waals surface area contributed by atoms with Gasteiger partial charge in [0.15, 0.2) is 0 Å². The van der Waals surface area contributed by atoms with Crippen molar-refractivity contribution in [2.24, 2.45) is 0 Å². The first-order valence-corrected chi connectivity index (χ1v) is 11.4. The molecule has 3 N–H and O–H groups in total. The van der Waals surface area contributed by atoms with Gasteiger partial charge in [-0.1, -0.05) is 23.4 Å². The molecule has 2 aliphatic rings. The van der Waals surface area contributed by atoms with Crippen molar-refractivity contribution >= 4 is 46.1 Å². The summed E-state index contributed by atoms with van der Waals surface area (Å²) in [4.78, 5) is 63.6. The molecule has 5 amide bonds. The number of amides is 5. The Morgan fingerprint density at radius 2 is 1.97 bits per heavy atom. The zero-order valence-electron chi connectivity index (χ0n) is 19.1. The van der Waals surface area contributed by atoms with Gasteiger partial charge in [0.05, 0.1) is 34.7 Å². The zero-order chi connectivity index (χ0) is 25.7. The van der Waals surface area contributed by atoms with Gasteiger partial charge in [0, 0.05) is 17.4 Å². The van der Waals surface area contributed by atoms with Crippen LogP contribution in [0.2, 0.25) is 0 Å². The number of H-pyrrole nitrogens is 1. The number of hydrogen-bond donors (Lipinski definition) is 3. The molecule has 37 heavy (non-hydrogen) atoms. The van der Waals surface area contributed by atoms with Crippen LogP contribution in [0.1, 0.15) is 33.6 Å². The van der Waals surface area contributed by atoms with Crippen molar-refractivity contribution in [1.82, 2.24) is 35.4 Å². The Kier molecular flexibility index (Phi) is 5.10. The van der Waals surface area contributed by atoms with E-state index in [4.69, 9.17) is 0 Å². The van der Waals surface area contributed by atoms with Gasteiger partial charge < -0.3 is 5.32 Å². The first-order chi connectivity index (χ1) is 17.9. The van der Waals surface area contributed by atoms with Crippen molar-refractivity contribution in [2.45, 2.75) is 25.4 Å². The molecule has 13 nitrogen and oxygen atoms in total. The Bertz CT molecular complexity index is 1640. The summed E-state index contributed by atoms with van der Waals surface area (Å²) in [7, 11) is 0. The Hall–Kier alpha value is -5.20. The predicted octanol–water partition coefficient (Wildman–Crippen LogP) is 0.861. The molecule has 1 atom stereocenters. The summed E-state index contributed by atoms with van der Waals surface area (Å²) in [6, 6.07) is 9.04. The maximum Gasteiger partial charge on any atom is 0.264 e. The lowest BCUT2D eigenvalue weighted by Gasteiger charge is -2.27. The fourth-order valence-corrected chi connectivity index (χ4v) is 4.56. The highest BCUT2D eigenvalue weighted by molar-refractivity contribution is 6.26. The van der Waals surface area contributed by atoms with Crippen LogP contribution in [0.15, 0.2) is 48.8 Å². The van der Waals surface area contributed by atoms with Crippen molar-refractivity contribution in [2.75, 3.05) is 5.32 Å². The van der Waals surface area contributed by atoms with Gasteiger partial charge in [-0.05, 0) is 24.6 Å². The van der Waals surface area contributed by atoms with E-state index in [1.165, 1.54) is 22.9 Å². The molecule has 4 aromatic rings. The van der Waals surface area contributed by atoms with E-state index in [2.05, 4.69) is 31.1 Å². The van der Waals surface area contributed by atoms with Gasteiger partial charge in [-0.25, -0.2) is 4.68 Å². The first kappa shape index (κ1) is 22.3. The van der Waals surface area contributed by atoms with E-state index >= 15 is 0 Å². The van der Waals surface area contributed by atoms with Crippen LogP contribution >= 0.6 is 0 Å². The van der Waals surface area contributed by atoms with E-state index in [0.717, 1.165) is 21.4 Å². The number of aromatic nitrogens is 5. The van der Waals surface area contributed by atoms with E-state index in [9.17, 15) is 24.0 Å². The van der Waals surface area contributed by atoms with E-state index in [-0.39, 0.29) is 36.2 Å². The Balaban J connectivity index is 1.19. The van der Waals surface area contributed by atoms with E-state index in [1.54, 1.807) is 12.4 Å². The van der Waals surface area contributed by atoms with Crippen LogP contribution in [0.4, 0.5) is 5.69 Å². The SMILES string of the molecule is O=C1CCC(N2C(=O)c3cccc(NC(=O)Cn4cc(-c5ccc6cn[nH]c6c5)nn4)c3C2=O)C(=O)N1. The van der Waals surface area contributed by atoms with Crippen LogP contribution < -0.4 is 10.6 Å². The summed E-state index contributed by atoms with van der Waals surface area (Å²) in [6.07, 6.45) is 3.39. The average molecular weight is 498 g/mol. The monoisotopic (exact) mass is 498 g/mol. The van der Waals surface area contributed by atoms with Gasteiger partial charge in [0.1, 0.15) is 18.3 Å². The first-order valence-electron chi connectivity index (χ1n) is 11.4. The summed E-state index contributed by atoms with van der Waals surface area (Å²) in [5, 5.41) is 20.8. The quantitative estimate of drug-likeness (QED) is 0.340. The fraction of sp³-hybridized carbons (Fsp3) is 0.167. The average Bonchev–Trinajstić information content (AvgIpc) is 3.59. The van der Waals surface area contributed by atoms with Crippen molar-refractivity contribution in [1.29, 1.82) is 0 Å². The Morgan fingerprint density at radius 3 is 2.81 bits per heavy atom. The third-order valence-electron chi connectivity index (χ3n) is 6.32. The number of nitrogens with one attached hydrogen (secondary N) is 3. The maximum absolute atomic E-state index is 13.2. The van der Waals surface area contributed by atoms with Crippen LogP contribution in [0.25, 0.3) is 22.2 Å². The second-order valence-corrected chi connectivity index (χ2v) is 8.70. The molecular formula is C24H18N8O5. The summed E-state index contributed by atoms with van der Waals surface area (Å²) in [5.41, 5.74) is 2.41. The molecule has 13 heteroatoms. The van der Waals surface area contributed by atoms with E-state index in [0.29, 0.717) is 5.69 Å². The number of carbonyl (C=O) groups excluding carboxylic acids is 5. The molecule has 0 aliphatic carbocycles. The molecular weight excluding hydrogens is 480 g/mol. The standard InChI is InChI=1S/C24H18N8O5/c33-19-7-6-18(22(35)27-19)32-23(36)14-2-1-3-15(21(14)24(32)37)26-20(34)11-31-10-17(29-30-31)12-4-5-13-9-25-28-16(13)8-12/h1-5,8-10,18H,6-7,11H2,(H,25,28)(H,26,34)(H,27,33,35). The lowest BCUT2D eigenvalue weighted by atomic mass is 10.0. The van der Waals surface area contributed by atoms with Crippen LogP contribution in [0.5, 0.6) is 0 Å². The fourth-order valence-electron chi connectivity index (χ4n) is 4.56. The third-order valence-corrected chi connectivity index (χ3v) is 6.32. The van der Waals surface area contributed by atoms with Crippen molar-refractivity contribution in [3.05, 3.63) is 59.9 Å². The van der Waals surface area contributed by atoms with Gasteiger partial charge in [-0.2, -0.15) is 5.10 Å². The minimum Gasteiger partial charge on any atom is -0.324 e. The van der Waals surface area contributed by atoms with Gasteiger partial charge in [-0.15, -0.1) is 5.10 Å². The van der Waals surface area contributed by atoms with Crippen LogP contribution in [0, 0.1) is 0 Å². The second kappa shape index (κ2) is 8.48.